The summed E-state index contributed by atoms with van der Waals surface area (Å²) in [6.45, 7) is 3.54. The molecule has 28 heavy (non-hydrogen) atoms. The maximum absolute atomic E-state index is 12.7. The average molecular weight is 423 g/mol. The van der Waals surface area contributed by atoms with Gasteiger partial charge >= 0.3 is 5.69 Å². The second kappa shape index (κ2) is 7.61. The van der Waals surface area contributed by atoms with Gasteiger partial charge in [-0.3, -0.25) is 24.3 Å². The van der Waals surface area contributed by atoms with E-state index in [2.05, 4.69) is 15.5 Å². The zero-order valence-electron chi connectivity index (χ0n) is 15.0. The van der Waals surface area contributed by atoms with Crippen molar-refractivity contribution in [3.05, 3.63) is 68.7 Å². The van der Waals surface area contributed by atoms with E-state index in [-0.39, 0.29) is 5.69 Å². The Morgan fingerprint density at radius 3 is 2.50 bits per heavy atom. The van der Waals surface area contributed by atoms with Crippen molar-refractivity contribution in [2.75, 3.05) is 5.32 Å². The highest BCUT2D eigenvalue weighted by atomic mass is 35.5. The van der Waals surface area contributed by atoms with Crippen LogP contribution in [0.3, 0.4) is 0 Å². The van der Waals surface area contributed by atoms with E-state index in [0.29, 0.717) is 22.3 Å². The van der Waals surface area contributed by atoms with E-state index in [1.165, 1.54) is 17.1 Å². The standard InChI is InChI=1S/C17H16Cl2N6O3/c1-17(2,24-9-12(7-21-24)25(27)28)16(26)22-11-6-20-23(8-11)10-13-14(18)4-3-5-15(13)19/h3-9H,10H2,1-2H3,(H,22,26). The molecule has 0 fully saturated rings. The van der Waals surface area contributed by atoms with Crippen molar-refractivity contribution >= 4 is 40.5 Å². The summed E-state index contributed by atoms with van der Waals surface area (Å²) in [6, 6.07) is 5.23. The van der Waals surface area contributed by atoms with Crippen LogP contribution in [0.1, 0.15) is 19.4 Å². The number of nitro groups is 1. The van der Waals surface area contributed by atoms with Crippen LogP contribution in [-0.2, 0) is 16.9 Å². The molecule has 2 aromatic heterocycles. The monoisotopic (exact) mass is 422 g/mol. The predicted molar refractivity (Wildman–Crippen MR) is 105 cm³/mol. The highest BCUT2D eigenvalue weighted by molar-refractivity contribution is 6.35. The molecule has 3 rings (SSSR count). The van der Waals surface area contributed by atoms with Crippen LogP contribution in [0.4, 0.5) is 11.4 Å². The number of hydrogen-bond donors (Lipinski definition) is 1. The molecule has 0 saturated carbocycles. The summed E-state index contributed by atoms with van der Waals surface area (Å²) in [6.07, 6.45) is 5.44. The van der Waals surface area contributed by atoms with Crippen molar-refractivity contribution < 1.29 is 9.72 Å². The van der Waals surface area contributed by atoms with Crippen LogP contribution in [0.5, 0.6) is 0 Å². The number of nitrogens with one attached hydrogen (secondary N) is 1. The van der Waals surface area contributed by atoms with Gasteiger partial charge in [-0.25, -0.2) is 0 Å². The number of rotatable bonds is 6. The van der Waals surface area contributed by atoms with E-state index < -0.39 is 16.4 Å². The number of hydrogen-bond acceptors (Lipinski definition) is 5. The summed E-state index contributed by atoms with van der Waals surface area (Å²) in [5.41, 5.74) is -0.160. The van der Waals surface area contributed by atoms with Gasteiger partial charge in [-0.15, -0.1) is 0 Å². The summed E-state index contributed by atoms with van der Waals surface area (Å²) in [7, 11) is 0. The first-order chi connectivity index (χ1) is 13.2. The van der Waals surface area contributed by atoms with Gasteiger partial charge in [0, 0.05) is 21.8 Å². The maximum atomic E-state index is 12.7. The van der Waals surface area contributed by atoms with E-state index >= 15 is 0 Å². The second-order valence-corrected chi connectivity index (χ2v) is 7.35. The molecule has 0 aliphatic rings. The summed E-state index contributed by atoms with van der Waals surface area (Å²) >= 11 is 12.3. The van der Waals surface area contributed by atoms with E-state index in [1.807, 2.05) is 0 Å². The summed E-state index contributed by atoms with van der Waals surface area (Å²) in [4.78, 5) is 22.9. The maximum Gasteiger partial charge on any atom is 0.307 e. The van der Waals surface area contributed by atoms with E-state index in [1.54, 1.807) is 42.9 Å². The number of carbonyl (C=O) groups is 1. The molecule has 1 amide bonds. The molecule has 3 aromatic rings. The van der Waals surface area contributed by atoms with Gasteiger partial charge in [0.2, 0.25) is 0 Å². The second-order valence-electron chi connectivity index (χ2n) is 6.54. The van der Waals surface area contributed by atoms with Gasteiger partial charge in [0.15, 0.2) is 0 Å². The third-order valence-electron chi connectivity index (χ3n) is 4.18. The molecule has 1 aromatic carbocycles. The van der Waals surface area contributed by atoms with Gasteiger partial charge in [0.1, 0.15) is 17.9 Å². The number of benzene rings is 1. The lowest BCUT2D eigenvalue weighted by Gasteiger charge is -2.23. The lowest BCUT2D eigenvalue weighted by Crippen LogP contribution is -2.40. The lowest BCUT2D eigenvalue weighted by atomic mass is 10.1. The molecule has 0 bridgehead atoms. The van der Waals surface area contributed by atoms with Crippen LogP contribution in [0, 0.1) is 10.1 Å². The Bertz CT molecular complexity index is 1020. The molecule has 9 nitrogen and oxygen atoms in total. The number of carbonyl (C=O) groups excluding carboxylic acids is 1. The fourth-order valence-corrected chi connectivity index (χ4v) is 2.98. The van der Waals surface area contributed by atoms with Crippen molar-refractivity contribution in [1.29, 1.82) is 0 Å². The number of amides is 1. The fraction of sp³-hybridized carbons (Fsp3) is 0.235. The van der Waals surface area contributed by atoms with Crippen molar-refractivity contribution in [2.24, 2.45) is 0 Å². The quantitative estimate of drug-likeness (QED) is 0.480. The first kappa shape index (κ1) is 19.8. The Morgan fingerprint density at radius 1 is 1.21 bits per heavy atom. The molecule has 1 N–H and O–H groups in total. The number of halogens is 2. The van der Waals surface area contributed by atoms with Crippen LogP contribution >= 0.6 is 23.2 Å². The van der Waals surface area contributed by atoms with E-state index in [9.17, 15) is 14.9 Å². The Labute approximate surface area is 170 Å². The van der Waals surface area contributed by atoms with Gasteiger partial charge in [0.25, 0.3) is 5.91 Å². The largest absolute Gasteiger partial charge is 0.321 e. The zero-order valence-corrected chi connectivity index (χ0v) is 16.5. The molecule has 146 valence electrons. The first-order valence-corrected chi connectivity index (χ1v) is 8.90. The molecule has 0 aliphatic heterocycles. The van der Waals surface area contributed by atoms with Crippen LogP contribution in [0.25, 0.3) is 0 Å². The Balaban J connectivity index is 1.73. The molecule has 0 atom stereocenters. The van der Waals surface area contributed by atoms with Crippen LogP contribution < -0.4 is 5.32 Å². The number of nitrogens with zero attached hydrogens (tertiary/aromatic N) is 5. The lowest BCUT2D eigenvalue weighted by molar-refractivity contribution is -0.385. The number of anilines is 1. The van der Waals surface area contributed by atoms with Crippen molar-refractivity contribution in [3.8, 4) is 0 Å². The molecule has 2 heterocycles. The average Bonchev–Trinajstić information content (AvgIpc) is 3.28. The number of aromatic nitrogens is 4. The van der Waals surface area contributed by atoms with Crippen LogP contribution in [-0.4, -0.2) is 30.4 Å². The molecule has 0 saturated heterocycles. The van der Waals surface area contributed by atoms with Gasteiger partial charge in [-0.1, -0.05) is 29.3 Å². The van der Waals surface area contributed by atoms with E-state index in [0.717, 1.165) is 11.8 Å². The minimum Gasteiger partial charge on any atom is -0.321 e. The summed E-state index contributed by atoms with van der Waals surface area (Å²) < 4.78 is 2.84. The highest BCUT2D eigenvalue weighted by Crippen LogP contribution is 2.25. The third-order valence-corrected chi connectivity index (χ3v) is 4.89. The van der Waals surface area contributed by atoms with Gasteiger partial charge < -0.3 is 5.32 Å². The molecule has 0 unspecified atom stereocenters. The molecular weight excluding hydrogens is 407 g/mol. The topological polar surface area (TPSA) is 108 Å². The van der Waals surface area contributed by atoms with E-state index in [4.69, 9.17) is 23.2 Å². The van der Waals surface area contributed by atoms with Crippen molar-refractivity contribution in [1.82, 2.24) is 19.6 Å². The molecule has 0 spiro atoms. The first-order valence-electron chi connectivity index (χ1n) is 8.15. The highest BCUT2D eigenvalue weighted by Gasteiger charge is 2.32. The Hall–Kier alpha value is -2.91. The van der Waals surface area contributed by atoms with Crippen LogP contribution in [0.15, 0.2) is 43.0 Å². The van der Waals surface area contributed by atoms with Crippen molar-refractivity contribution in [3.63, 3.8) is 0 Å². The SMILES string of the molecule is CC(C)(C(=O)Nc1cnn(Cc2c(Cl)cccc2Cl)c1)n1cc([N+](=O)[O-])cn1. The van der Waals surface area contributed by atoms with Gasteiger partial charge in [0.05, 0.1) is 23.4 Å². The van der Waals surface area contributed by atoms with Gasteiger partial charge in [-0.05, 0) is 26.0 Å². The molecule has 0 radical (unpaired) electrons. The minimum absolute atomic E-state index is 0.190. The molecular formula is C17H16Cl2N6O3. The molecule has 0 aliphatic carbocycles. The zero-order chi connectivity index (χ0) is 20.5. The summed E-state index contributed by atoms with van der Waals surface area (Å²) in [5, 5.41) is 22.7. The fourth-order valence-electron chi connectivity index (χ4n) is 2.46. The normalized spacial score (nSPS) is 11.4. The Kier molecular flexibility index (Phi) is 5.39. The Morgan fingerprint density at radius 2 is 1.89 bits per heavy atom. The van der Waals surface area contributed by atoms with Crippen molar-refractivity contribution in [2.45, 2.75) is 25.9 Å². The smallest absolute Gasteiger partial charge is 0.307 e. The third kappa shape index (κ3) is 4.00. The minimum atomic E-state index is -1.15. The van der Waals surface area contributed by atoms with Gasteiger partial charge in [-0.2, -0.15) is 10.2 Å². The summed E-state index contributed by atoms with van der Waals surface area (Å²) in [5.74, 6) is -0.402. The predicted octanol–water partition coefficient (Wildman–Crippen LogP) is 3.72. The molecule has 11 heteroatoms. The van der Waals surface area contributed by atoms with Crippen LogP contribution in [0.2, 0.25) is 10.0 Å².